The van der Waals surface area contributed by atoms with E-state index in [1.165, 1.54) is 20.3 Å². The lowest BCUT2D eigenvalue weighted by Crippen LogP contribution is -2.07. The molecule has 8 nitrogen and oxygen atoms in total. The lowest BCUT2D eigenvalue weighted by atomic mass is 10.2. The first-order chi connectivity index (χ1) is 15.3. The Labute approximate surface area is 194 Å². The van der Waals surface area contributed by atoms with Gasteiger partial charge in [0.1, 0.15) is 22.2 Å². The molecular formula is C22H21ClN2O6S. The quantitative estimate of drug-likeness (QED) is 0.320. The van der Waals surface area contributed by atoms with Gasteiger partial charge in [0.2, 0.25) is 5.89 Å². The minimum absolute atomic E-state index is 0.0423. The van der Waals surface area contributed by atoms with Crippen LogP contribution in [-0.4, -0.2) is 41.6 Å². The molecule has 0 fully saturated rings. The highest BCUT2D eigenvalue weighted by Crippen LogP contribution is 2.34. The van der Waals surface area contributed by atoms with Gasteiger partial charge in [0.15, 0.2) is 0 Å². The van der Waals surface area contributed by atoms with E-state index >= 15 is 0 Å². The van der Waals surface area contributed by atoms with Gasteiger partial charge in [-0.05, 0) is 62.0 Å². The first-order valence-corrected chi connectivity index (χ1v) is 10.6. The van der Waals surface area contributed by atoms with Gasteiger partial charge in [-0.2, -0.15) is 0 Å². The Kier molecular flexibility index (Phi) is 7.66. The third-order valence-corrected chi connectivity index (χ3v) is 5.12. The first-order valence-electron chi connectivity index (χ1n) is 9.45. The fourth-order valence-electron chi connectivity index (χ4n) is 2.66. The third kappa shape index (κ3) is 5.95. The lowest BCUT2D eigenvalue weighted by molar-refractivity contribution is -0.131. The Balaban J connectivity index is 1.92. The number of hydrogen-bond donors (Lipinski definition) is 1. The van der Waals surface area contributed by atoms with Gasteiger partial charge < -0.3 is 23.7 Å². The van der Waals surface area contributed by atoms with Gasteiger partial charge in [-0.1, -0.05) is 11.6 Å². The Bertz CT molecular complexity index is 1120. The molecule has 2 aromatic carbocycles. The molecule has 168 valence electrons. The molecule has 3 rings (SSSR count). The van der Waals surface area contributed by atoms with Crippen LogP contribution in [0.2, 0.25) is 5.02 Å². The van der Waals surface area contributed by atoms with Crippen LogP contribution < -0.4 is 14.2 Å². The van der Waals surface area contributed by atoms with Crippen molar-refractivity contribution < 1.29 is 28.5 Å². The topological polar surface area (TPSA) is 104 Å². The number of aliphatic carboxylic acids is 1. The average molecular weight is 477 g/mol. The summed E-state index contributed by atoms with van der Waals surface area (Å²) in [6.45, 7) is 3.75. The molecule has 0 aliphatic rings. The summed E-state index contributed by atoms with van der Waals surface area (Å²) in [5, 5.41) is 18.2. The zero-order valence-electron chi connectivity index (χ0n) is 17.8. The highest BCUT2D eigenvalue weighted by Gasteiger charge is 2.18. The summed E-state index contributed by atoms with van der Waals surface area (Å²) in [5.41, 5.74) is 1.09. The zero-order valence-corrected chi connectivity index (χ0v) is 19.4. The van der Waals surface area contributed by atoms with Gasteiger partial charge in [0.05, 0.1) is 20.3 Å². The smallest absolute Gasteiger partial charge is 0.342 e. The number of benzene rings is 2. The number of thioether (sulfide) groups is 1. The Morgan fingerprint density at radius 1 is 1.12 bits per heavy atom. The van der Waals surface area contributed by atoms with Crippen LogP contribution in [0.5, 0.6) is 17.2 Å². The number of halogens is 1. The average Bonchev–Trinajstić information content (AvgIpc) is 3.23. The largest absolute Gasteiger partial charge is 0.497 e. The van der Waals surface area contributed by atoms with Gasteiger partial charge in [-0.25, -0.2) is 4.79 Å². The molecule has 0 amide bonds. The van der Waals surface area contributed by atoms with Crippen LogP contribution in [0.25, 0.3) is 17.5 Å². The molecule has 3 aromatic rings. The molecule has 0 aliphatic heterocycles. The summed E-state index contributed by atoms with van der Waals surface area (Å²) in [6.07, 6.45) is 1.36. The monoisotopic (exact) mass is 476 g/mol. The van der Waals surface area contributed by atoms with E-state index in [0.29, 0.717) is 33.4 Å². The van der Waals surface area contributed by atoms with Gasteiger partial charge in [0, 0.05) is 22.2 Å². The van der Waals surface area contributed by atoms with Gasteiger partial charge in [-0.3, -0.25) is 0 Å². The number of aromatic nitrogens is 2. The predicted octanol–water partition coefficient (Wildman–Crippen LogP) is 5.41. The number of methoxy groups -OCH3 is 2. The molecule has 10 heteroatoms. The maximum atomic E-state index is 11.9. The van der Waals surface area contributed by atoms with Crippen molar-refractivity contribution in [2.24, 2.45) is 0 Å². The van der Waals surface area contributed by atoms with Gasteiger partial charge in [0.25, 0.3) is 5.22 Å². The van der Waals surface area contributed by atoms with Crippen molar-refractivity contribution >= 4 is 35.4 Å². The van der Waals surface area contributed by atoms with Crippen molar-refractivity contribution in [2.45, 2.75) is 25.2 Å². The minimum Gasteiger partial charge on any atom is -0.497 e. The van der Waals surface area contributed by atoms with Crippen molar-refractivity contribution in [1.29, 1.82) is 0 Å². The van der Waals surface area contributed by atoms with E-state index in [2.05, 4.69) is 10.2 Å². The van der Waals surface area contributed by atoms with Crippen LogP contribution in [0.4, 0.5) is 0 Å². The molecule has 0 spiro atoms. The molecular weight excluding hydrogens is 456 g/mol. The Morgan fingerprint density at radius 2 is 1.81 bits per heavy atom. The fourth-order valence-corrected chi connectivity index (χ4v) is 3.51. The second-order valence-electron chi connectivity index (χ2n) is 6.74. The SMILES string of the molecule is COc1cc(OC)cc(-c2nnc(S/C(=C/c3cc(Cl)ccc3OC(C)C)C(=O)O)o2)c1. The van der Waals surface area contributed by atoms with E-state index in [1.807, 2.05) is 13.8 Å². The molecule has 0 bridgehead atoms. The third-order valence-electron chi connectivity index (χ3n) is 4.03. The summed E-state index contributed by atoms with van der Waals surface area (Å²) in [4.78, 5) is 11.8. The molecule has 0 saturated heterocycles. The van der Waals surface area contributed by atoms with Crippen LogP contribution in [0.15, 0.2) is 50.9 Å². The van der Waals surface area contributed by atoms with E-state index < -0.39 is 5.97 Å². The summed E-state index contributed by atoms with van der Waals surface area (Å²) in [7, 11) is 3.06. The van der Waals surface area contributed by atoms with Crippen LogP contribution >= 0.6 is 23.4 Å². The molecule has 1 heterocycles. The number of carboxylic acid groups (broad SMARTS) is 1. The first kappa shape index (κ1) is 23.5. The summed E-state index contributed by atoms with van der Waals surface area (Å²) < 4.78 is 21.9. The summed E-state index contributed by atoms with van der Waals surface area (Å²) >= 11 is 6.92. The maximum absolute atomic E-state index is 11.9. The summed E-state index contributed by atoms with van der Waals surface area (Å²) in [6, 6.07) is 10.1. The highest BCUT2D eigenvalue weighted by molar-refractivity contribution is 8.03. The predicted molar refractivity (Wildman–Crippen MR) is 122 cm³/mol. The van der Waals surface area contributed by atoms with E-state index in [9.17, 15) is 9.90 Å². The maximum Gasteiger partial charge on any atom is 0.342 e. The zero-order chi connectivity index (χ0) is 23.3. The second-order valence-corrected chi connectivity index (χ2v) is 8.17. The van der Waals surface area contributed by atoms with Crippen LogP contribution in [0, 0.1) is 0 Å². The van der Waals surface area contributed by atoms with Crippen LogP contribution in [0.3, 0.4) is 0 Å². The van der Waals surface area contributed by atoms with Crippen molar-refractivity contribution in [2.75, 3.05) is 14.2 Å². The van der Waals surface area contributed by atoms with Crippen molar-refractivity contribution in [3.63, 3.8) is 0 Å². The molecule has 0 atom stereocenters. The van der Waals surface area contributed by atoms with Gasteiger partial charge in [-0.15, -0.1) is 10.2 Å². The number of nitrogens with zero attached hydrogens (tertiary/aromatic N) is 2. The Morgan fingerprint density at radius 3 is 2.41 bits per heavy atom. The fraction of sp³-hybridized carbons (Fsp3) is 0.227. The molecule has 0 aliphatic carbocycles. The van der Waals surface area contributed by atoms with Gasteiger partial charge >= 0.3 is 5.97 Å². The van der Waals surface area contributed by atoms with E-state index in [-0.39, 0.29) is 22.1 Å². The molecule has 1 N–H and O–H groups in total. The molecule has 1 aromatic heterocycles. The normalized spacial score (nSPS) is 11.5. The molecule has 0 unspecified atom stereocenters. The lowest BCUT2D eigenvalue weighted by Gasteiger charge is -2.13. The number of carboxylic acids is 1. The molecule has 32 heavy (non-hydrogen) atoms. The molecule has 0 radical (unpaired) electrons. The number of hydrogen-bond acceptors (Lipinski definition) is 8. The second kappa shape index (κ2) is 10.4. The van der Waals surface area contributed by atoms with E-state index in [0.717, 1.165) is 11.8 Å². The molecule has 0 saturated carbocycles. The van der Waals surface area contributed by atoms with Crippen molar-refractivity contribution in [1.82, 2.24) is 10.2 Å². The van der Waals surface area contributed by atoms with E-state index in [1.54, 1.807) is 36.4 Å². The Hall–Kier alpha value is -3.17. The van der Waals surface area contributed by atoms with Crippen molar-refractivity contribution in [3.05, 3.63) is 51.9 Å². The standard InChI is InChI=1S/C22H21ClN2O6S/c1-12(2)30-18-6-5-15(23)7-13(18)10-19(21(26)27)32-22-25-24-20(31-22)14-8-16(28-3)11-17(9-14)29-4/h5-12H,1-4H3,(H,26,27)/b19-10+. The van der Waals surface area contributed by atoms with E-state index in [4.69, 9.17) is 30.2 Å². The number of ether oxygens (including phenoxy) is 3. The highest BCUT2D eigenvalue weighted by atomic mass is 35.5. The van der Waals surface area contributed by atoms with Crippen LogP contribution in [-0.2, 0) is 4.79 Å². The minimum atomic E-state index is -1.16. The summed E-state index contributed by atoms with van der Waals surface area (Å²) in [5.74, 6) is 0.653. The van der Waals surface area contributed by atoms with Crippen LogP contribution in [0.1, 0.15) is 19.4 Å². The number of rotatable bonds is 9. The number of carbonyl (C=O) groups is 1. The van der Waals surface area contributed by atoms with Crippen molar-refractivity contribution in [3.8, 4) is 28.7 Å².